The van der Waals surface area contributed by atoms with Gasteiger partial charge in [0.2, 0.25) is 0 Å². The predicted octanol–water partition coefficient (Wildman–Crippen LogP) is 2.63. The zero-order chi connectivity index (χ0) is 15.5. The van der Waals surface area contributed by atoms with Gasteiger partial charge in [-0.15, -0.1) is 24.0 Å². The van der Waals surface area contributed by atoms with Crippen LogP contribution in [0.2, 0.25) is 5.02 Å². The standard InChI is InChI=1S/C15H24ClN3O2.HI/c1-17-15(18-8-9-21-11-10-20-3)19(2)12-13-6-4-5-7-14(13)16;/h4-7H,8-12H2,1-3H3,(H,17,18);1H. The maximum Gasteiger partial charge on any atom is 0.193 e. The highest BCUT2D eigenvalue weighted by atomic mass is 127. The highest BCUT2D eigenvalue weighted by Gasteiger charge is 2.08. The summed E-state index contributed by atoms with van der Waals surface area (Å²) in [6, 6.07) is 7.82. The zero-order valence-corrected chi connectivity index (χ0v) is 16.4. The maximum atomic E-state index is 6.17. The van der Waals surface area contributed by atoms with E-state index in [0.717, 1.165) is 16.5 Å². The summed E-state index contributed by atoms with van der Waals surface area (Å²) in [5.41, 5.74) is 1.07. The molecule has 0 aromatic heterocycles. The van der Waals surface area contributed by atoms with Crippen molar-refractivity contribution in [2.45, 2.75) is 6.54 Å². The van der Waals surface area contributed by atoms with Crippen molar-refractivity contribution < 1.29 is 9.47 Å². The molecule has 22 heavy (non-hydrogen) atoms. The number of benzene rings is 1. The van der Waals surface area contributed by atoms with E-state index in [-0.39, 0.29) is 24.0 Å². The van der Waals surface area contributed by atoms with Crippen molar-refractivity contribution in [3.8, 4) is 0 Å². The smallest absolute Gasteiger partial charge is 0.193 e. The Morgan fingerprint density at radius 2 is 2.00 bits per heavy atom. The minimum atomic E-state index is 0. The van der Waals surface area contributed by atoms with E-state index >= 15 is 0 Å². The van der Waals surface area contributed by atoms with Gasteiger partial charge in [-0.3, -0.25) is 4.99 Å². The minimum absolute atomic E-state index is 0. The molecule has 0 aliphatic carbocycles. The van der Waals surface area contributed by atoms with Crippen LogP contribution < -0.4 is 5.32 Å². The van der Waals surface area contributed by atoms with Gasteiger partial charge in [-0.2, -0.15) is 0 Å². The largest absolute Gasteiger partial charge is 0.382 e. The summed E-state index contributed by atoms with van der Waals surface area (Å²) in [6.07, 6.45) is 0. The highest BCUT2D eigenvalue weighted by molar-refractivity contribution is 14.0. The lowest BCUT2D eigenvalue weighted by Gasteiger charge is -2.22. The van der Waals surface area contributed by atoms with Gasteiger partial charge in [0.1, 0.15) is 0 Å². The summed E-state index contributed by atoms with van der Waals surface area (Å²) in [5, 5.41) is 4.02. The van der Waals surface area contributed by atoms with Gasteiger partial charge in [0.15, 0.2) is 5.96 Å². The summed E-state index contributed by atoms with van der Waals surface area (Å²) in [6.45, 7) is 3.23. The second-order valence-corrected chi connectivity index (χ2v) is 4.93. The number of ether oxygens (including phenoxy) is 2. The lowest BCUT2D eigenvalue weighted by molar-refractivity contribution is 0.0731. The Bertz CT molecular complexity index is 447. The fourth-order valence-corrected chi connectivity index (χ4v) is 2.02. The van der Waals surface area contributed by atoms with Crippen molar-refractivity contribution in [1.82, 2.24) is 10.2 Å². The van der Waals surface area contributed by atoms with E-state index in [2.05, 4.69) is 10.3 Å². The molecule has 0 radical (unpaired) electrons. The van der Waals surface area contributed by atoms with Gasteiger partial charge in [-0.1, -0.05) is 29.8 Å². The van der Waals surface area contributed by atoms with Crippen LogP contribution in [0.1, 0.15) is 5.56 Å². The molecule has 126 valence electrons. The van der Waals surface area contributed by atoms with E-state index in [1.807, 2.05) is 36.2 Å². The summed E-state index contributed by atoms with van der Waals surface area (Å²) in [4.78, 5) is 6.28. The second-order valence-electron chi connectivity index (χ2n) is 4.53. The first-order valence-corrected chi connectivity index (χ1v) is 7.28. The fraction of sp³-hybridized carbons (Fsp3) is 0.533. The third kappa shape index (κ3) is 8.17. The second kappa shape index (κ2) is 12.9. The van der Waals surface area contributed by atoms with E-state index in [1.54, 1.807) is 14.2 Å². The Kier molecular flexibility index (Phi) is 12.6. The molecular formula is C15H25ClIN3O2. The van der Waals surface area contributed by atoms with E-state index in [0.29, 0.717) is 32.9 Å². The molecule has 1 aromatic carbocycles. The number of methoxy groups -OCH3 is 1. The van der Waals surface area contributed by atoms with Crippen molar-refractivity contribution in [3.63, 3.8) is 0 Å². The molecule has 0 unspecified atom stereocenters. The summed E-state index contributed by atoms with van der Waals surface area (Å²) in [7, 11) is 5.40. The first kappa shape index (κ1) is 21.4. The number of nitrogens with zero attached hydrogens (tertiary/aromatic N) is 2. The van der Waals surface area contributed by atoms with Crippen LogP contribution in [-0.4, -0.2) is 58.4 Å². The predicted molar refractivity (Wildman–Crippen MR) is 102 cm³/mol. The molecule has 0 aliphatic heterocycles. The van der Waals surface area contributed by atoms with Gasteiger partial charge in [0, 0.05) is 39.3 Å². The average molecular weight is 442 g/mol. The fourth-order valence-electron chi connectivity index (χ4n) is 1.82. The third-order valence-electron chi connectivity index (χ3n) is 2.90. The van der Waals surface area contributed by atoms with Gasteiger partial charge in [-0.25, -0.2) is 0 Å². The van der Waals surface area contributed by atoms with Gasteiger partial charge >= 0.3 is 0 Å². The Labute approximate surface area is 155 Å². The number of aliphatic imine (C=N–C) groups is 1. The number of guanidine groups is 1. The molecule has 0 heterocycles. The van der Waals surface area contributed by atoms with Gasteiger partial charge < -0.3 is 19.7 Å². The lowest BCUT2D eigenvalue weighted by Crippen LogP contribution is -2.40. The molecule has 1 aromatic rings. The Morgan fingerprint density at radius 1 is 1.27 bits per heavy atom. The number of hydrogen-bond donors (Lipinski definition) is 1. The molecule has 0 atom stereocenters. The molecule has 7 heteroatoms. The van der Waals surface area contributed by atoms with E-state index in [1.165, 1.54) is 0 Å². The Balaban J connectivity index is 0.00000441. The Morgan fingerprint density at radius 3 is 2.64 bits per heavy atom. The van der Waals surface area contributed by atoms with Crippen LogP contribution in [0.4, 0.5) is 0 Å². The number of rotatable bonds is 8. The van der Waals surface area contributed by atoms with Crippen LogP contribution in [0.5, 0.6) is 0 Å². The van der Waals surface area contributed by atoms with Crippen molar-refractivity contribution in [1.29, 1.82) is 0 Å². The van der Waals surface area contributed by atoms with Crippen molar-refractivity contribution >= 4 is 41.5 Å². The van der Waals surface area contributed by atoms with Crippen LogP contribution in [0.3, 0.4) is 0 Å². The average Bonchev–Trinajstić information content (AvgIpc) is 2.49. The quantitative estimate of drug-likeness (QED) is 0.292. The normalized spacial score (nSPS) is 11.0. The maximum absolute atomic E-state index is 6.17. The molecule has 1 rings (SSSR count). The third-order valence-corrected chi connectivity index (χ3v) is 3.27. The Hall–Kier alpha value is -0.570. The summed E-state index contributed by atoms with van der Waals surface area (Å²) >= 11 is 6.17. The van der Waals surface area contributed by atoms with Crippen LogP contribution in [-0.2, 0) is 16.0 Å². The van der Waals surface area contributed by atoms with Crippen molar-refractivity contribution in [2.75, 3.05) is 47.6 Å². The minimum Gasteiger partial charge on any atom is -0.382 e. The molecule has 0 saturated heterocycles. The van der Waals surface area contributed by atoms with Crippen LogP contribution in [0, 0.1) is 0 Å². The molecule has 0 amide bonds. The number of nitrogens with one attached hydrogen (secondary N) is 1. The van der Waals surface area contributed by atoms with Crippen molar-refractivity contribution in [3.05, 3.63) is 34.9 Å². The van der Waals surface area contributed by atoms with Gasteiger partial charge in [-0.05, 0) is 11.6 Å². The SMILES string of the molecule is CN=C(NCCOCCOC)N(C)Cc1ccccc1Cl.I. The summed E-state index contributed by atoms with van der Waals surface area (Å²) < 4.78 is 10.3. The first-order chi connectivity index (χ1) is 10.2. The topological polar surface area (TPSA) is 46.1 Å². The molecule has 0 bridgehead atoms. The number of hydrogen-bond acceptors (Lipinski definition) is 3. The molecular weight excluding hydrogens is 417 g/mol. The molecule has 1 N–H and O–H groups in total. The van der Waals surface area contributed by atoms with Gasteiger partial charge in [0.05, 0.1) is 19.8 Å². The molecule has 5 nitrogen and oxygen atoms in total. The van der Waals surface area contributed by atoms with Crippen LogP contribution in [0.15, 0.2) is 29.3 Å². The monoisotopic (exact) mass is 441 g/mol. The molecule has 0 spiro atoms. The highest BCUT2D eigenvalue weighted by Crippen LogP contribution is 2.16. The van der Waals surface area contributed by atoms with Gasteiger partial charge in [0.25, 0.3) is 0 Å². The van der Waals surface area contributed by atoms with E-state index in [4.69, 9.17) is 21.1 Å². The van der Waals surface area contributed by atoms with E-state index in [9.17, 15) is 0 Å². The van der Waals surface area contributed by atoms with Crippen molar-refractivity contribution in [2.24, 2.45) is 4.99 Å². The van der Waals surface area contributed by atoms with Crippen LogP contribution in [0.25, 0.3) is 0 Å². The molecule has 0 saturated carbocycles. The number of halogens is 2. The first-order valence-electron chi connectivity index (χ1n) is 6.91. The van der Waals surface area contributed by atoms with Crippen LogP contribution >= 0.6 is 35.6 Å². The van der Waals surface area contributed by atoms with E-state index < -0.39 is 0 Å². The lowest BCUT2D eigenvalue weighted by atomic mass is 10.2. The zero-order valence-electron chi connectivity index (χ0n) is 13.3. The molecule has 0 fully saturated rings. The molecule has 0 aliphatic rings. The summed E-state index contributed by atoms with van der Waals surface area (Å²) in [5.74, 6) is 0.810.